The molecule has 0 fully saturated rings. The minimum atomic E-state index is -0.295. The normalized spacial score (nSPS) is 12.2. The number of rotatable bonds is 7. The lowest BCUT2D eigenvalue weighted by molar-refractivity contribution is 0.175. The van der Waals surface area contributed by atoms with E-state index in [2.05, 4.69) is 32.3 Å². The molecule has 1 unspecified atom stereocenters. The predicted molar refractivity (Wildman–Crippen MR) is 116 cm³/mol. The van der Waals surface area contributed by atoms with E-state index < -0.39 is 0 Å². The van der Waals surface area contributed by atoms with Crippen molar-refractivity contribution >= 4 is 5.65 Å². The first-order chi connectivity index (χ1) is 15.3. The molecule has 0 spiro atoms. The van der Waals surface area contributed by atoms with Gasteiger partial charge in [-0.15, -0.1) is 15.3 Å². The average molecular weight is 411 g/mol. The molecule has 1 atom stereocenters. The Hall–Kier alpha value is -4.07. The Kier molecular flexibility index (Phi) is 5.10. The molecule has 0 aliphatic carbocycles. The van der Waals surface area contributed by atoms with Gasteiger partial charge in [0, 0.05) is 11.1 Å². The molecular weight excluding hydrogens is 390 g/mol. The molecule has 2 aromatic carbocycles. The molecule has 31 heavy (non-hydrogen) atoms. The van der Waals surface area contributed by atoms with E-state index in [0.717, 1.165) is 29.5 Å². The summed E-state index contributed by atoms with van der Waals surface area (Å²) < 4.78 is 8.15. The van der Waals surface area contributed by atoms with Gasteiger partial charge in [-0.05, 0) is 18.1 Å². The lowest BCUT2D eigenvalue weighted by atomic mass is 10.1. The van der Waals surface area contributed by atoms with Crippen molar-refractivity contribution in [3.63, 3.8) is 0 Å². The summed E-state index contributed by atoms with van der Waals surface area (Å²) >= 11 is 0. The number of nitrogens with one attached hydrogen (secondary N) is 1. The molecule has 3 heterocycles. The fraction of sp³-hybridized carbons (Fsp3) is 0.174. The summed E-state index contributed by atoms with van der Waals surface area (Å²) in [5.41, 5.74) is 3.42. The SMILES string of the molecule is CCCC(Oc1nn2c(-c3ccccc3)nnc2cc1-c1ccccc1)c1ncn[nH]1. The van der Waals surface area contributed by atoms with E-state index in [4.69, 9.17) is 9.84 Å². The van der Waals surface area contributed by atoms with Crippen LogP contribution in [0.2, 0.25) is 0 Å². The van der Waals surface area contributed by atoms with Crippen LogP contribution >= 0.6 is 0 Å². The summed E-state index contributed by atoms with van der Waals surface area (Å²) in [4.78, 5) is 4.30. The van der Waals surface area contributed by atoms with Crippen LogP contribution in [0.3, 0.4) is 0 Å². The van der Waals surface area contributed by atoms with Crippen molar-refractivity contribution in [3.05, 3.63) is 78.9 Å². The second kappa shape index (κ2) is 8.35. The molecule has 8 nitrogen and oxygen atoms in total. The Morgan fingerprint density at radius 3 is 2.39 bits per heavy atom. The standard InChI is InChI=1S/C23H21N7O/c1-2-9-19(21-24-15-25-27-21)31-23-18(16-10-5-3-6-11-16)14-20-26-28-22(30(20)29-23)17-12-7-4-8-13-17/h3-8,10-15,19H,2,9H2,1H3,(H,24,25,27). The second-order valence-corrected chi connectivity index (χ2v) is 7.15. The molecule has 1 N–H and O–H groups in total. The predicted octanol–water partition coefficient (Wildman–Crippen LogP) is 4.50. The number of nitrogens with zero attached hydrogens (tertiary/aromatic N) is 6. The van der Waals surface area contributed by atoms with Crippen molar-refractivity contribution in [1.29, 1.82) is 0 Å². The van der Waals surface area contributed by atoms with E-state index in [1.807, 2.05) is 66.7 Å². The van der Waals surface area contributed by atoms with Crippen LogP contribution in [-0.2, 0) is 0 Å². The first kappa shape index (κ1) is 18.9. The minimum Gasteiger partial charge on any atom is -0.465 e. The molecule has 0 radical (unpaired) electrons. The largest absolute Gasteiger partial charge is 0.465 e. The molecular formula is C23H21N7O. The van der Waals surface area contributed by atoms with Crippen LogP contribution in [0.5, 0.6) is 5.88 Å². The lowest BCUT2D eigenvalue weighted by Crippen LogP contribution is -2.12. The van der Waals surface area contributed by atoms with Gasteiger partial charge < -0.3 is 4.74 Å². The third-order valence-electron chi connectivity index (χ3n) is 5.02. The quantitative estimate of drug-likeness (QED) is 0.424. The summed E-state index contributed by atoms with van der Waals surface area (Å²) in [7, 11) is 0. The average Bonchev–Trinajstić information content (AvgIpc) is 3.50. The van der Waals surface area contributed by atoms with Gasteiger partial charge in [-0.1, -0.05) is 74.0 Å². The van der Waals surface area contributed by atoms with Gasteiger partial charge in [-0.2, -0.15) is 9.61 Å². The summed E-state index contributed by atoms with van der Waals surface area (Å²) in [6.45, 7) is 2.11. The number of fused-ring (bicyclic) bond motifs is 1. The number of aromatic nitrogens is 7. The smallest absolute Gasteiger partial charge is 0.240 e. The monoisotopic (exact) mass is 411 g/mol. The van der Waals surface area contributed by atoms with E-state index in [0.29, 0.717) is 23.2 Å². The van der Waals surface area contributed by atoms with Crippen LogP contribution in [0.25, 0.3) is 28.2 Å². The van der Waals surface area contributed by atoms with Crippen molar-refractivity contribution in [1.82, 2.24) is 35.0 Å². The van der Waals surface area contributed by atoms with E-state index in [1.165, 1.54) is 6.33 Å². The van der Waals surface area contributed by atoms with E-state index >= 15 is 0 Å². The summed E-state index contributed by atoms with van der Waals surface area (Å²) in [6.07, 6.45) is 2.90. The molecule has 5 rings (SSSR count). The van der Waals surface area contributed by atoms with Crippen LogP contribution in [0, 0.1) is 0 Å². The molecule has 0 saturated carbocycles. The molecule has 0 aliphatic heterocycles. The van der Waals surface area contributed by atoms with Gasteiger partial charge in [0.25, 0.3) is 0 Å². The highest BCUT2D eigenvalue weighted by Gasteiger charge is 2.21. The molecule has 0 aliphatic rings. The van der Waals surface area contributed by atoms with Crippen LogP contribution in [-0.4, -0.2) is 35.0 Å². The topological polar surface area (TPSA) is 93.9 Å². The zero-order valence-corrected chi connectivity index (χ0v) is 17.0. The Morgan fingerprint density at radius 1 is 0.968 bits per heavy atom. The van der Waals surface area contributed by atoms with Gasteiger partial charge in [0.1, 0.15) is 6.33 Å². The Bertz CT molecular complexity index is 1270. The maximum Gasteiger partial charge on any atom is 0.240 e. The lowest BCUT2D eigenvalue weighted by Gasteiger charge is -2.18. The molecule has 0 saturated heterocycles. The van der Waals surface area contributed by atoms with E-state index in [-0.39, 0.29) is 6.10 Å². The summed E-state index contributed by atoms with van der Waals surface area (Å²) in [5, 5.41) is 20.5. The summed E-state index contributed by atoms with van der Waals surface area (Å²) in [6, 6.07) is 21.8. The maximum absolute atomic E-state index is 6.43. The molecule has 3 aromatic heterocycles. The first-order valence-electron chi connectivity index (χ1n) is 10.2. The van der Waals surface area contributed by atoms with Crippen LogP contribution in [0.15, 0.2) is 73.1 Å². The van der Waals surface area contributed by atoms with Gasteiger partial charge in [0.15, 0.2) is 23.4 Å². The van der Waals surface area contributed by atoms with Gasteiger partial charge in [0.2, 0.25) is 5.88 Å². The molecule has 5 aromatic rings. The number of aromatic amines is 1. The molecule has 0 amide bonds. The third kappa shape index (κ3) is 3.75. The Morgan fingerprint density at radius 2 is 1.71 bits per heavy atom. The highest BCUT2D eigenvalue weighted by molar-refractivity contribution is 5.73. The number of hydrogen-bond acceptors (Lipinski definition) is 6. The Labute approximate surface area is 179 Å². The molecule has 8 heteroatoms. The van der Waals surface area contributed by atoms with E-state index in [9.17, 15) is 0 Å². The molecule has 154 valence electrons. The highest BCUT2D eigenvalue weighted by atomic mass is 16.5. The highest BCUT2D eigenvalue weighted by Crippen LogP contribution is 2.33. The van der Waals surface area contributed by atoms with Crippen LogP contribution < -0.4 is 4.74 Å². The maximum atomic E-state index is 6.43. The Balaban J connectivity index is 1.66. The van der Waals surface area contributed by atoms with Gasteiger partial charge in [-0.3, -0.25) is 5.10 Å². The fourth-order valence-electron chi connectivity index (χ4n) is 3.51. The number of ether oxygens (including phenoxy) is 1. The van der Waals surface area contributed by atoms with Gasteiger partial charge in [-0.25, -0.2) is 4.98 Å². The minimum absolute atomic E-state index is 0.295. The van der Waals surface area contributed by atoms with Crippen molar-refractivity contribution in [2.24, 2.45) is 0 Å². The van der Waals surface area contributed by atoms with Crippen molar-refractivity contribution in [2.75, 3.05) is 0 Å². The van der Waals surface area contributed by atoms with Gasteiger partial charge in [0.05, 0.1) is 0 Å². The van der Waals surface area contributed by atoms with Crippen LogP contribution in [0.1, 0.15) is 31.7 Å². The van der Waals surface area contributed by atoms with Crippen molar-refractivity contribution in [2.45, 2.75) is 25.9 Å². The van der Waals surface area contributed by atoms with Crippen molar-refractivity contribution < 1.29 is 4.74 Å². The number of hydrogen-bond donors (Lipinski definition) is 1. The fourth-order valence-corrected chi connectivity index (χ4v) is 3.51. The second-order valence-electron chi connectivity index (χ2n) is 7.15. The van der Waals surface area contributed by atoms with E-state index in [1.54, 1.807) is 4.52 Å². The summed E-state index contributed by atoms with van der Waals surface area (Å²) in [5.74, 6) is 1.83. The van der Waals surface area contributed by atoms with Gasteiger partial charge >= 0.3 is 0 Å². The third-order valence-corrected chi connectivity index (χ3v) is 5.02. The van der Waals surface area contributed by atoms with Crippen molar-refractivity contribution in [3.8, 4) is 28.4 Å². The zero-order valence-electron chi connectivity index (χ0n) is 17.0. The zero-order chi connectivity index (χ0) is 21.0. The first-order valence-corrected chi connectivity index (χ1v) is 10.2. The van der Waals surface area contributed by atoms with Crippen LogP contribution in [0.4, 0.5) is 0 Å². The number of H-pyrrole nitrogens is 1. The number of benzene rings is 2. The molecule has 0 bridgehead atoms.